The predicted octanol–water partition coefficient (Wildman–Crippen LogP) is 2.45. The first-order valence-corrected chi connectivity index (χ1v) is 6.58. The molecule has 1 heterocycles. The summed E-state index contributed by atoms with van der Waals surface area (Å²) in [6, 6.07) is 1.55. The Bertz CT molecular complexity index is 167. The molecule has 0 spiro atoms. The zero-order chi connectivity index (χ0) is 11.4. The van der Waals surface area contributed by atoms with E-state index in [2.05, 4.69) is 44.4 Å². The van der Waals surface area contributed by atoms with E-state index in [-0.39, 0.29) is 0 Å². The van der Waals surface area contributed by atoms with Crippen molar-refractivity contribution < 1.29 is 0 Å². The van der Waals surface area contributed by atoms with Gasteiger partial charge in [-0.25, -0.2) is 0 Å². The van der Waals surface area contributed by atoms with Crippen LogP contribution in [0.15, 0.2) is 0 Å². The van der Waals surface area contributed by atoms with E-state index in [1.807, 2.05) is 0 Å². The van der Waals surface area contributed by atoms with E-state index >= 15 is 0 Å². The molecule has 1 fully saturated rings. The maximum absolute atomic E-state index is 2.66. The van der Waals surface area contributed by atoms with Gasteiger partial charge in [0.25, 0.3) is 0 Å². The summed E-state index contributed by atoms with van der Waals surface area (Å²) in [6.07, 6.45) is 1.36. The number of hydrogen-bond acceptors (Lipinski definition) is 2. The topological polar surface area (TPSA) is 6.48 Å². The van der Waals surface area contributed by atoms with Crippen molar-refractivity contribution in [3.8, 4) is 0 Å². The summed E-state index contributed by atoms with van der Waals surface area (Å²) in [7, 11) is 0. The fraction of sp³-hybridized carbons (Fsp3) is 1.00. The zero-order valence-corrected chi connectivity index (χ0v) is 11.2. The molecular weight excluding hydrogens is 184 g/mol. The van der Waals surface area contributed by atoms with Crippen molar-refractivity contribution in [2.75, 3.05) is 26.2 Å². The number of hydrogen-bond donors (Lipinski definition) is 0. The minimum absolute atomic E-state index is 0.741. The van der Waals surface area contributed by atoms with E-state index in [4.69, 9.17) is 0 Å². The monoisotopic (exact) mass is 212 g/mol. The molecule has 1 aliphatic heterocycles. The average Bonchev–Trinajstić information content (AvgIpc) is 2.67. The molecule has 1 saturated heterocycles. The summed E-state index contributed by atoms with van der Waals surface area (Å²) in [5.41, 5.74) is 0. The molecule has 15 heavy (non-hydrogen) atoms. The van der Waals surface area contributed by atoms with Crippen molar-refractivity contribution >= 4 is 0 Å². The molecule has 0 amide bonds. The lowest BCUT2D eigenvalue weighted by molar-refractivity contribution is 0.171. The lowest BCUT2D eigenvalue weighted by Crippen LogP contribution is -2.40. The molecule has 0 bridgehead atoms. The molecule has 1 rings (SSSR count). The first-order valence-electron chi connectivity index (χ1n) is 6.58. The summed E-state index contributed by atoms with van der Waals surface area (Å²) < 4.78 is 0. The van der Waals surface area contributed by atoms with E-state index in [0.29, 0.717) is 0 Å². The summed E-state index contributed by atoms with van der Waals surface area (Å²) >= 11 is 0. The van der Waals surface area contributed by atoms with Gasteiger partial charge < -0.3 is 0 Å². The summed E-state index contributed by atoms with van der Waals surface area (Å²) in [4.78, 5) is 5.26. The number of rotatable bonds is 5. The van der Waals surface area contributed by atoms with Crippen LogP contribution < -0.4 is 0 Å². The number of likely N-dealkylation sites (tertiary alicyclic amines) is 1. The Morgan fingerprint density at radius 1 is 1.20 bits per heavy atom. The smallest absolute Gasteiger partial charge is 0.0235 e. The minimum atomic E-state index is 0.741. The van der Waals surface area contributed by atoms with Crippen molar-refractivity contribution in [2.45, 2.75) is 53.1 Å². The van der Waals surface area contributed by atoms with E-state index < -0.39 is 0 Å². The van der Waals surface area contributed by atoms with Gasteiger partial charge in [0.15, 0.2) is 0 Å². The molecule has 0 radical (unpaired) electrons. The molecule has 0 aromatic carbocycles. The molecule has 0 saturated carbocycles. The molecule has 2 unspecified atom stereocenters. The van der Waals surface area contributed by atoms with E-state index in [0.717, 1.165) is 18.0 Å². The second kappa shape index (κ2) is 5.86. The van der Waals surface area contributed by atoms with Gasteiger partial charge in [0.05, 0.1) is 0 Å². The minimum Gasteiger partial charge on any atom is -0.300 e. The first kappa shape index (κ1) is 13.0. The van der Waals surface area contributed by atoms with Crippen LogP contribution in [0.25, 0.3) is 0 Å². The summed E-state index contributed by atoms with van der Waals surface area (Å²) in [5.74, 6) is 0.778. The Labute approximate surface area is 95.6 Å². The Hall–Kier alpha value is -0.0800. The van der Waals surface area contributed by atoms with Crippen LogP contribution >= 0.6 is 0 Å². The Balaban J connectivity index is 2.44. The van der Waals surface area contributed by atoms with Crippen LogP contribution in [-0.4, -0.2) is 48.1 Å². The van der Waals surface area contributed by atoms with Crippen molar-refractivity contribution in [1.29, 1.82) is 0 Å². The second-order valence-corrected chi connectivity index (χ2v) is 5.14. The third-order valence-corrected chi connectivity index (χ3v) is 4.06. The first-order chi connectivity index (χ1) is 7.10. The van der Waals surface area contributed by atoms with Gasteiger partial charge in [-0.15, -0.1) is 0 Å². The molecular formula is C13H28N2. The van der Waals surface area contributed by atoms with Crippen molar-refractivity contribution in [1.82, 2.24) is 9.80 Å². The molecule has 90 valence electrons. The van der Waals surface area contributed by atoms with E-state index in [1.165, 1.54) is 32.6 Å². The molecule has 0 N–H and O–H groups in total. The highest BCUT2D eigenvalue weighted by atomic mass is 15.3. The van der Waals surface area contributed by atoms with Crippen molar-refractivity contribution in [3.63, 3.8) is 0 Å². The van der Waals surface area contributed by atoms with Crippen LogP contribution in [0.5, 0.6) is 0 Å². The fourth-order valence-corrected chi connectivity index (χ4v) is 2.60. The van der Waals surface area contributed by atoms with Gasteiger partial charge in [-0.1, -0.05) is 27.7 Å². The highest BCUT2D eigenvalue weighted by Gasteiger charge is 2.29. The number of nitrogens with zero attached hydrogens (tertiary/aromatic N) is 2. The molecule has 0 aliphatic carbocycles. The summed E-state index contributed by atoms with van der Waals surface area (Å²) in [6.45, 7) is 16.5. The SMILES string of the molecule is CCN(CC)C1CCN(C(C)C(C)C)C1. The normalized spacial score (nSPS) is 25.4. The quantitative estimate of drug-likeness (QED) is 0.690. The Morgan fingerprint density at radius 2 is 1.80 bits per heavy atom. The van der Waals surface area contributed by atoms with Crippen LogP contribution in [0.2, 0.25) is 0 Å². The van der Waals surface area contributed by atoms with Crippen molar-refractivity contribution in [3.05, 3.63) is 0 Å². The molecule has 2 heteroatoms. The van der Waals surface area contributed by atoms with Gasteiger partial charge in [-0.3, -0.25) is 9.80 Å². The van der Waals surface area contributed by atoms with Crippen LogP contribution in [0, 0.1) is 5.92 Å². The Morgan fingerprint density at radius 3 is 2.27 bits per heavy atom. The van der Waals surface area contributed by atoms with Gasteiger partial charge >= 0.3 is 0 Å². The lowest BCUT2D eigenvalue weighted by Gasteiger charge is -2.30. The van der Waals surface area contributed by atoms with Gasteiger partial charge in [0, 0.05) is 25.2 Å². The average molecular weight is 212 g/mol. The highest BCUT2D eigenvalue weighted by Crippen LogP contribution is 2.20. The lowest BCUT2D eigenvalue weighted by atomic mass is 10.1. The molecule has 2 nitrogen and oxygen atoms in total. The zero-order valence-electron chi connectivity index (χ0n) is 11.2. The third-order valence-electron chi connectivity index (χ3n) is 4.06. The third kappa shape index (κ3) is 3.18. The van der Waals surface area contributed by atoms with Crippen LogP contribution in [0.3, 0.4) is 0 Å². The van der Waals surface area contributed by atoms with Gasteiger partial charge in [0.2, 0.25) is 0 Å². The van der Waals surface area contributed by atoms with Crippen LogP contribution in [0.4, 0.5) is 0 Å². The van der Waals surface area contributed by atoms with Crippen LogP contribution in [0.1, 0.15) is 41.0 Å². The van der Waals surface area contributed by atoms with Gasteiger partial charge in [-0.2, -0.15) is 0 Å². The van der Waals surface area contributed by atoms with Crippen molar-refractivity contribution in [2.24, 2.45) is 5.92 Å². The molecule has 1 aliphatic rings. The van der Waals surface area contributed by atoms with E-state index in [1.54, 1.807) is 0 Å². The molecule has 2 atom stereocenters. The molecule has 0 aromatic rings. The standard InChI is InChI=1S/C13H28N2/c1-6-14(7-2)13-8-9-15(10-13)12(5)11(3)4/h11-13H,6-10H2,1-5H3. The van der Waals surface area contributed by atoms with Gasteiger partial charge in [0.1, 0.15) is 0 Å². The predicted molar refractivity (Wildman–Crippen MR) is 67.2 cm³/mol. The fourth-order valence-electron chi connectivity index (χ4n) is 2.60. The van der Waals surface area contributed by atoms with E-state index in [9.17, 15) is 0 Å². The highest BCUT2D eigenvalue weighted by molar-refractivity contribution is 4.86. The second-order valence-electron chi connectivity index (χ2n) is 5.14. The van der Waals surface area contributed by atoms with Gasteiger partial charge in [-0.05, 0) is 32.4 Å². The maximum Gasteiger partial charge on any atom is 0.0235 e. The number of likely N-dealkylation sites (N-methyl/N-ethyl adjacent to an activating group) is 1. The largest absolute Gasteiger partial charge is 0.300 e. The summed E-state index contributed by atoms with van der Waals surface area (Å²) in [5, 5.41) is 0. The maximum atomic E-state index is 2.66. The van der Waals surface area contributed by atoms with Crippen LogP contribution in [-0.2, 0) is 0 Å². The Kier molecular flexibility index (Phi) is 5.07. The molecule has 0 aromatic heterocycles.